The Bertz CT molecular complexity index is 269. The summed E-state index contributed by atoms with van der Waals surface area (Å²) in [5, 5.41) is 3.71. The van der Waals surface area contributed by atoms with Gasteiger partial charge in [0.15, 0.2) is 6.29 Å². The Morgan fingerprint density at radius 3 is 2.63 bits per heavy atom. The van der Waals surface area contributed by atoms with Gasteiger partial charge in [0.05, 0.1) is 6.61 Å². The molecular formula is C15H28N2O2. The van der Waals surface area contributed by atoms with E-state index in [4.69, 9.17) is 9.47 Å². The highest BCUT2D eigenvalue weighted by Gasteiger charge is 2.34. The van der Waals surface area contributed by atoms with E-state index in [1.54, 1.807) is 0 Å². The van der Waals surface area contributed by atoms with Gasteiger partial charge in [0, 0.05) is 31.3 Å². The van der Waals surface area contributed by atoms with E-state index in [1.807, 2.05) is 0 Å². The van der Waals surface area contributed by atoms with E-state index in [0.29, 0.717) is 0 Å². The lowest BCUT2D eigenvalue weighted by Crippen LogP contribution is -2.47. The van der Waals surface area contributed by atoms with Gasteiger partial charge in [-0.15, -0.1) is 0 Å². The van der Waals surface area contributed by atoms with Crippen molar-refractivity contribution in [2.75, 3.05) is 26.8 Å². The quantitative estimate of drug-likeness (QED) is 0.823. The largest absolute Gasteiger partial charge is 0.353 e. The van der Waals surface area contributed by atoms with E-state index in [-0.39, 0.29) is 6.29 Å². The molecule has 3 aliphatic rings. The van der Waals surface area contributed by atoms with Crippen LogP contribution in [-0.2, 0) is 9.47 Å². The molecule has 110 valence electrons. The molecule has 0 aromatic heterocycles. The lowest BCUT2D eigenvalue weighted by atomic mass is 9.99. The lowest BCUT2D eigenvalue weighted by molar-refractivity contribution is -0.164. The van der Waals surface area contributed by atoms with Gasteiger partial charge in [-0.3, -0.25) is 0 Å². The Labute approximate surface area is 116 Å². The number of hydrogen-bond acceptors (Lipinski definition) is 4. The molecule has 3 unspecified atom stereocenters. The van der Waals surface area contributed by atoms with Crippen LogP contribution in [0, 0.1) is 0 Å². The standard InChI is InChI=1S/C15H28N2O2/c1-17(7-9-19-15-4-2-3-8-18-15)14-10-12-5-6-13(11-14)16-12/h12-16H,2-11H2,1H3. The van der Waals surface area contributed by atoms with Crippen LogP contribution in [0.25, 0.3) is 0 Å². The Hall–Kier alpha value is -0.160. The van der Waals surface area contributed by atoms with Gasteiger partial charge in [0.25, 0.3) is 0 Å². The van der Waals surface area contributed by atoms with Gasteiger partial charge in [0.1, 0.15) is 0 Å². The molecule has 0 aliphatic carbocycles. The third-order valence-electron chi connectivity index (χ3n) is 4.96. The third-order valence-corrected chi connectivity index (χ3v) is 4.96. The second-order valence-electron chi connectivity index (χ2n) is 6.41. The zero-order chi connectivity index (χ0) is 13.1. The van der Waals surface area contributed by atoms with Crippen molar-refractivity contribution in [3.8, 4) is 0 Å². The average Bonchev–Trinajstić information content (AvgIpc) is 2.78. The van der Waals surface area contributed by atoms with E-state index in [9.17, 15) is 0 Å². The Morgan fingerprint density at radius 1 is 1.16 bits per heavy atom. The molecule has 3 fully saturated rings. The van der Waals surface area contributed by atoms with Crippen molar-refractivity contribution in [3.05, 3.63) is 0 Å². The van der Waals surface area contributed by atoms with Crippen LogP contribution in [0.1, 0.15) is 44.9 Å². The molecule has 0 spiro atoms. The van der Waals surface area contributed by atoms with Crippen LogP contribution < -0.4 is 5.32 Å². The first-order chi connectivity index (χ1) is 9.31. The number of piperidine rings is 1. The summed E-state index contributed by atoms with van der Waals surface area (Å²) in [6.45, 7) is 2.71. The van der Waals surface area contributed by atoms with Gasteiger partial charge in [-0.2, -0.15) is 0 Å². The highest BCUT2D eigenvalue weighted by Crippen LogP contribution is 2.29. The first-order valence-corrected chi connectivity index (χ1v) is 8.01. The molecule has 0 saturated carbocycles. The predicted molar refractivity (Wildman–Crippen MR) is 75.1 cm³/mol. The van der Waals surface area contributed by atoms with Crippen molar-refractivity contribution in [3.63, 3.8) is 0 Å². The highest BCUT2D eigenvalue weighted by atomic mass is 16.7. The van der Waals surface area contributed by atoms with Gasteiger partial charge in [-0.05, 0) is 52.0 Å². The second kappa shape index (κ2) is 6.53. The molecule has 3 aliphatic heterocycles. The summed E-state index contributed by atoms with van der Waals surface area (Å²) < 4.78 is 11.4. The van der Waals surface area contributed by atoms with Gasteiger partial charge in [0.2, 0.25) is 0 Å². The predicted octanol–water partition coefficient (Wildman–Crippen LogP) is 1.74. The summed E-state index contributed by atoms with van der Waals surface area (Å²) in [4.78, 5) is 2.50. The number of nitrogens with one attached hydrogen (secondary N) is 1. The summed E-state index contributed by atoms with van der Waals surface area (Å²) in [7, 11) is 2.25. The molecule has 19 heavy (non-hydrogen) atoms. The second-order valence-corrected chi connectivity index (χ2v) is 6.41. The molecule has 4 heteroatoms. The summed E-state index contributed by atoms with van der Waals surface area (Å²) in [5.41, 5.74) is 0. The number of hydrogen-bond donors (Lipinski definition) is 1. The minimum absolute atomic E-state index is 0.0614. The molecule has 0 aromatic carbocycles. The summed E-state index contributed by atoms with van der Waals surface area (Å²) >= 11 is 0. The SMILES string of the molecule is CN(CCOC1CCCCO1)C1CC2CCC(C1)N2. The molecule has 3 rings (SSSR count). The normalized spacial score (nSPS) is 38.8. The summed E-state index contributed by atoms with van der Waals surface area (Å²) in [6, 6.07) is 2.29. The lowest BCUT2D eigenvalue weighted by Gasteiger charge is -2.35. The summed E-state index contributed by atoms with van der Waals surface area (Å²) in [6.07, 6.45) is 8.95. The monoisotopic (exact) mass is 268 g/mol. The smallest absolute Gasteiger partial charge is 0.157 e. The number of nitrogens with zero attached hydrogens (tertiary/aromatic N) is 1. The van der Waals surface area contributed by atoms with Gasteiger partial charge in [-0.1, -0.05) is 0 Å². The molecular weight excluding hydrogens is 240 g/mol. The molecule has 3 saturated heterocycles. The van der Waals surface area contributed by atoms with Crippen molar-refractivity contribution < 1.29 is 9.47 Å². The maximum Gasteiger partial charge on any atom is 0.157 e. The minimum Gasteiger partial charge on any atom is -0.353 e. The van der Waals surface area contributed by atoms with E-state index >= 15 is 0 Å². The zero-order valence-electron chi connectivity index (χ0n) is 12.1. The van der Waals surface area contributed by atoms with Gasteiger partial charge in [-0.25, -0.2) is 0 Å². The molecule has 0 amide bonds. The maximum absolute atomic E-state index is 5.83. The fourth-order valence-corrected chi connectivity index (χ4v) is 3.74. The van der Waals surface area contributed by atoms with Crippen molar-refractivity contribution >= 4 is 0 Å². The van der Waals surface area contributed by atoms with Crippen LogP contribution >= 0.6 is 0 Å². The highest BCUT2D eigenvalue weighted by molar-refractivity contribution is 4.95. The minimum atomic E-state index is 0.0614. The summed E-state index contributed by atoms with van der Waals surface area (Å²) in [5.74, 6) is 0. The van der Waals surface area contributed by atoms with Crippen LogP contribution in [0.2, 0.25) is 0 Å². The number of rotatable bonds is 5. The number of likely N-dealkylation sites (N-methyl/N-ethyl adjacent to an activating group) is 1. The molecule has 3 atom stereocenters. The van der Waals surface area contributed by atoms with Crippen LogP contribution in [-0.4, -0.2) is 56.1 Å². The molecule has 1 N–H and O–H groups in total. The topological polar surface area (TPSA) is 33.7 Å². The van der Waals surface area contributed by atoms with Crippen LogP contribution in [0.5, 0.6) is 0 Å². The molecule has 3 heterocycles. The van der Waals surface area contributed by atoms with Crippen molar-refractivity contribution in [1.29, 1.82) is 0 Å². The maximum atomic E-state index is 5.83. The van der Waals surface area contributed by atoms with E-state index in [0.717, 1.165) is 44.3 Å². The van der Waals surface area contributed by atoms with Crippen molar-refractivity contribution in [2.45, 2.75) is 69.4 Å². The Balaban J connectivity index is 1.35. The molecule has 2 bridgehead atoms. The zero-order valence-corrected chi connectivity index (χ0v) is 12.1. The first kappa shape index (κ1) is 13.8. The van der Waals surface area contributed by atoms with Crippen molar-refractivity contribution in [2.24, 2.45) is 0 Å². The van der Waals surface area contributed by atoms with Crippen LogP contribution in [0.15, 0.2) is 0 Å². The Kier molecular flexibility index (Phi) is 4.74. The van der Waals surface area contributed by atoms with Crippen LogP contribution in [0.4, 0.5) is 0 Å². The van der Waals surface area contributed by atoms with Gasteiger partial charge < -0.3 is 19.7 Å². The van der Waals surface area contributed by atoms with Crippen LogP contribution in [0.3, 0.4) is 0 Å². The molecule has 0 aromatic rings. The fourth-order valence-electron chi connectivity index (χ4n) is 3.74. The van der Waals surface area contributed by atoms with Gasteiger partial charge >= 0.3 is 0 Å². The Morgan fingerprint density at radius 2 is 1.95 bits per heavy atom. The number of fused-ring (bicyclic) bond motifs is 2. The number of ether oxygens (including phenoxy) is 2. The van der Waals surface area contributed by atoms with E-state index in [2.05, 4.69) is 17.3 Å². The van der Waals surface area contributed by atoms with Crippen molar-refractivity contribution in [1.82, 2.24) is 10.2 Å². The molecule has 0 radical (unpaired) electrons. The fraction of sp³-hybridized carbons (Fsp3) is 1.00. The third kappa shape index (κ3) is 3.69. The first-order valence-electron chi connectivity index (χ1n) is 8.01. The van der Waals surface area contributed by atoms with E-state index in [1.165, 1.54) is 38.5 Å². The average molecular weight is 268 g/mol. The molecule has 4 nitrogen and oxygen atoms in total. The van der Waals surface area contributed by atoms with E-state index < -0.39 is 0 Å².